The first-order valence-electron chi connectivity index (χ1n) is 8.85. The van der Waals surface area contributed by atoms with Crippen LogP contribution in [0.2, 0.25) is 0 Å². The summed E-state index contributed by atoms with van der Waals surface area (Å²) in [6.45, 7) is 1.93. The van der Waals surface area contributed by atoms with E-state index >= 15 is 0 Å². The first-order chi connectivity index (χ1) is 13.1. The van der Waals surface area contributed by atoms with Gasteiger partial charge in [-0.2, -0.15) is 0 Å². The minimum absolute atomic E-state index is 0.00958. The molecule has 1 aromatic heterocycles. The number of ether oxygens (including phenoxy) is 1. The van der Waals surface area contributed by atoms with E-state index in [1.165, 1.54) is 12.1 Å². The van der Waals surface area contributed by atoms with Crippen molar-refractivity contribution in [2.24, 2.45) is 5.92 Å². The number of anilines is 1. The smallest absolute Gasteiger partial charge is 0.228 e. The van der Waals surface area contributed by atoms with Crippen molar-refractivity contribution in [3.63, 3.8) is 0 Å². The minimum atomic E-state index is -0.260. The molecule has 1 N–H and O–H groups in total. The van der Waals surface area contributed by atoms with Crippen molar-refractivity contribution in [3.05, 3.63) is 83.9 Å². The number of halogens is 1. The molecular formula is C22H19FN2O2. The van der Waals surface area contributed by atoms with E-state index in [4.69, 9.17) is 4.74 Å². The van der Waals surface area contributed by atoms with Crippen molar-refractivity contribution in [1.82, 2.24) is 4.98 Å². The zero-order valence-corrected chi connectivity index (χ0v) is 14.9. The predicted octanol–water partition coefficient (Wildman–Crippen LogP) is 5.06. The van der Waals surface area contributed by atoms with E-state index in [-0.39, 0.29) is 23.6 Å². The van der Waals surface area contributed by atoms with Gasteiger partial charge in [-0.25, -0.2) is 4.39 Å². The van der Waals surface area contributed by atoms with Gasteiger partial charge in [0.1, 0.15) is 17.3 Å². The normalized spacial score (nSPS) is 18.0. The highest BCUT2D eigenvalue weighted by atomic mass is 19.1. The van der Waals surface area contributed by atoms with Crippen molar-refractivity contribution < 1.29 is 13.9 Å². The summed E-state index contributed by atoms with van der Waals surface area (Å²) >= 11 is 0. The standard InChI is InChI=1S/C22H19FN2O2/c1-14-11-17(8-9-21(14)27-18-3-2-10-24-13-18)25-22(26)20-12-19(20)15-4-6-16(23)7-5-15/h2-11,13,19-20H,12H2,1H3,(H,25,26). The van der Waals surface area contributed by atoms with E-state index in [1.807, 2.05) is 37.3 Å². The lowest BCUT2D eigenvalue weighted by molar-refractivity contribution is -0.117. The average molecular weight is 362 g/mol. The third-order valence-electron chi connectivity index (χ3n) is 4.73. The number of carbonyl (C=O) groups is 1. The number of aryl methyl sites for hydroxylation is 1. The van der Waals surface area contributed by atoms with Crippen LogP contribution in [0.3, 0.4) is 0 Å². The molecule has 4 rings (SSSR count). The Bertz CT molecular complexity index is 958. The van der Waals surface area contributed by atoms with E-state index < -0.39 is 0 Å². The van der Waals surface area contributed by atoms with Gasteiger partial charge < -0.3 is 10.1 Å². The quantitative estimate of drug-likeness (QED) is 0.690. The predicted molar refractivity (Wildman–Crippen MR) is 101 cm³/mol. The molecule has 1 fully saturated rings. The van der Waals surface area contributed by atoms with Gasteiger partial charge in [-0.05, 0) is 72.9 Å². The minimum Gasteiger partial charge on any atom is -0.455 e. The van der Waals surface area contributed by atoms with Gasteiger partial charge in [-0.15, -0.1) is 0 Å². The molecule has 136 valence electrons. The number of hydrogen-bond acceptors (Lipinski definition) is 3. The Morgan fingerprint density at radius 2 is 2.00 bits per heavy atom. The van der Waals surface area contributed by atoms with Crippen molar-refractivity contribution in [1.29, 1.82) is 0 Å². The number of nitrogens with zero attached hydrogens (tertiary/aromatic N) is 1. The third kappa shape index (κ3) is 3.97. The summed E-state index contributed by atoms with van der Waals surface area (Å²) in [6.07, 6.45) is 4.13. The molecule has 0 saturated heterocycles. The zero-order chi connectivity index (χ0) is 18.8. The number of carbonyl (C=O) groups excluding carboxylic acids is 1. The Hall–Kier alpha value is -3.21. The van der Waals surface area contributed by atoms with Crippen LogP contribution in [0.15, 0.2) is 67.0 Å². The number of hydrogen-bond donors (Lipinski definition) is 1. The lowest BCUT2D eigenvalue weighted by Gasteiger charge is -2.11. The molecule has 0 radical (unpaired) electrons. The lowest BCUT2D eigenvalue weighted by atomic mass is 10.1. The van der Waals surface area contributed by atoms with Gasteiger partial charge >= 0.3 is 0 Å². The maximum Gasteiger partial charge on any atom is 0.228 e. The summed E-state index contributed by atoms with van der Waals surface area (Å²) in [7, 11) is 0. The summed E-state index contributed by atoms with van der Waals surface area (Å²) in [5.41, 5.74) is 2.66. The molecular weight excluding hydrogens is 343 g/mol. The van der Waals surface area contributed by atoms with Crippen LogP contribution in [0.1, 0.15) is 23.5 Å². The number of aromatic nitrogens is 1. The molecule has 2 aromatic carbocycles. The molecule has 1 heterocycles. The summed E-state index contributed by atoms with van der Waals surface area (Å²) in [4.78, 5) is 16.5. The van der Waals surface area contributed by atoms with Crippen molar-refractivity contribution >= 4 is 11.6 Å². The van der Waals surface area contributed by atoms with Gasteiger partial charge in [-0.1, -0.05) is 12.1 Å². The highest BCUT2D eigenvalue weighted by Crippen LogP contribution is 2.48. The number of pyridine rings is 1. The average Bonchev–Trinajstić information content (AvgIpc) is 3.46. The highest BCUT2D eigenvalue weighted by Gasteiger charge is 2.43. The maximum absolute atomic E-state index is 13.0. The fourth-order valence-corrected chi connectivity index (χ4v) is 3.17. The van der Waals surface area contributed by atoms with Crippen molar-refractivity contribution in [2.45, 2.75) is 19.3 Å². The molecule has 1 saturated carbocycles. The highest BCUT2D eigenvalue weighted by molar-refractivity contribution is 5.95. The van der Waals surface area contributed by atoms with Gasteiger partial charge in [0.2, 0.25) is 5.91 Å². The molecule has 4 nitrogen and oxygen atoms in total. The molecule has 0 aliphatic heterocycles. The monoisotopic (exact) mass is 362 g/mol. The largest absolute Gasteiger partial charge is 0.455 e. The Morgan fingerprint density at radius 3 is 2.70 bits per heavy atom. The summed E-state index contributed by atoms with van der Waals surface area (Å²) in [5, 5.41) is 2.97. The molecule has 2 atom stereocenters. The molecule has 1 aliphatic rings. The second kappa shape index (κ2) is 7.19. The second-order valence-corrected chi connectivity index (χ2v) is 6.76. The first-order valence-corrected chi connectivity index (χ1v) is 8.85. The zero-order valence-electron chi connectivity index (χ0n) is 14.9. The van der Waals surface area contributed by atoms with Crippen LogP contribution in [-0.4, -0.2) is 10.9 Å². The van der Waals surface area contributed by atoms with Gasteiger partial charge in [0.05, 0.1) is 6.20 Å². The topological polar surface area (TPSA) is 51.2 Å². The molecule has 2 unspecified atom stereocenters. The van der Waals surface area contributed by atoms with Crippen LogP contribution in [0.25, 0.3) is 0 Å². The van der Waals surface area contributed by atoms with Crippen LogP contribution in [0, 0.1) is 18.7 Å². The van der Waals surface area contributed by atoms with Crippen LogP contribution in [0.5, 0.6) is 11.5 Å². The molecule has 27 heavy (non-hydrogen) atoms. The molecule has 1 amide bonds. The summed E-state index contributed by atoms with van der Waals surface area (Å²) in [6, 6.07) is 15.6. The Labute approximate surface area is 157 Å². The Balaban J connectivity index is 1.39. The number of benzene rings is 2. The van der Waals surface area contributed by atoms with Crippen molar-refractivity contribution in [3.8, 4) is 11.5 Å². The Morgan fingerprint density at radius 1 is 1.19 bits per heavy atom. The lowest BCUT2D eigenvalue weighted by Crippen LogP contribution is -2.14. The van der Waals surface area contributed by atoms with E-state index in [2.05, 4.69) is 10.3 Å². The number of nitrogens with one attached hydrogen (secondary N) is 1. The summed E-state index contributed by atoms with van der Waals surface area (Å²) in [5.74, 6) is 1.21. The fourth-order valence-electron chi connectivity index (χ4n) is 3.17. The van der Waals surface area contributed by atoms with Crippen molar-refractivity contribution in [2.75, 3.05) is 5.32 Å². The first kappa shape index (κ1) is 17.2. The van der Waals surface area contributed by atoms with Gasteiger partial charge in [0, 0.05) is 17.8 Å². The molecule has 0 spiro atoms. The van der Waals surface area contributed by atoms with Crippen LogP contribution in [0.4, 0.5) is 10.1 Å². The Kier molecular flexibility index (Phi) is 4.59. The maximum atomic E-state index is 13.0. The van der Waals surface area contributed by atoms with Gasteiger partial charge in [0.15, 0.2) is 0 Å². The number of amides is 1. The van der Waals surface area contributed by atoms with E-state index in [0.717, 1.165) is 29.0 Å². The number of rotatable bonds is 5. The van der Waals surface area contributed by atoms with Crippen LogP contribution in [-0.2, 0) is 4.79 Å². The van der Waals surface area contributed by atoms with Crippen LogP contribution >= 0.6 is 0 Å². The molecule has 5 heteroatoms. The van der Waals surface area contributed by atoms with Gasteiger partial charge in [0.25, 0.3) is 0 Å². The third-order valence-corrected chi connectivity index (χ3v) is 4.73. The van der Waals surface area contributed by atoms with Crippen LogP contribution < -0.4 is 10.1 Å². The molecule has 0 bridgehead atoms. The van der Waals surface area contributed by atoms with E-state index in [0.29, 0.717) is 5.75 Å². The molecule has 3 aromatic rings. The SMILES string of the molecule is Cc1cc(NC(=O)C2CC2c2ccc(F)cc2)ccc1Oc1cccnc1. The second-order valence-electron chi connectivity index (χ2n) is 6.76. The summed E-state index contributed by atoms with van der Waals surface area (Å²) < 4.78 is 18.8. The fraction of sp³-hybridized carbons (Fsp3) is 0.182. The van der Waals surface area contributed by atoms with E-state index in [9.17, 15) is 9.18 Å². The van der Waals surface area contributed by atoms with Gasteiger partial charge in [-0.3, -0.25) is 9.78 Å². The van der Waals surface area contributed by atoms with E-state index in [1.54, 1.807) is 24.5 Å². The molecule has 1 aliphatic carbocycles.